The smallest absolute Gasteiger partial charge is 0.0433 e. The van der Waals surface area contributed by atoms with Gasteiger partial charge in [0.15, 0.2) is 0 Å². The van der Waals surface area contributed by atoms with Gasteiger partial charge in [0, 0.05) is 25.6 Å². The summed E-state index contributed by atoms with van der Waals surface area (Å²) >= 11 is 1.92. The highest BCUT2D eigenvalue weighted by Crippen LogP contribution is 2.52. The van der Waals surface area contributed by atoms with Crippen molar-refractivity contribution in [2.75, 3.05) is 0 Å². The highest BCUT2D eigenvalue weighted by atomic mass is 32.1. The zero-order chi connectivity index (χ0) is 37.8. The van der Waals surface area contributed by atoms with E-state index in [2.05, 4.69) is 202 Å². The van der Waals surface area contributed by atoms with Gasteiger partial charge in [0.1, 0.15) is 0 Å². The van der Waals surface area contributed by atoms with Crippen molar-refractivity contribution in [3.05, 3.63) is 211 Å². The first-order valence-electron chi connectivity index (χ1n) is 19.4. The average molecular weight is 733 g/mol. The van der Waals surface area contributed by atoms with E-state index >= 15 is 0 Å². The fourth-order valence-electron chi connectivity index (χ4n) is 8.85. The van der Waals surface area contributed by atoms with E-state index in [0.717, 1.165) is 5.56 Å². The molecule has 1 heteroatoms. The van der Waals surface area contributed by atoms with E-state index in [4.69, 9.17) is 0 Å². The maximum atomic E-state index is 3.86. The molecule has 1 heterocycles. The van der Waals surface area contributed by atoms with Crippen molar-refractivity contribution >= 4 is 59.1 Å². The number of fused-ring (bicyclic) bond motifs is 9. The third kappa shape index (κ3) is 5.67. The quantitative estimate of drug-likeness (QED) is 0.155. The molecule has 0 amide bonds. The van der Waals surface area contributed by atoms with E-state index < -0.39 is 0 Å². The highest BCUT2D eigenvalue weighted by molar-refractivity contribution is 7.26. The van der Waals surface area contributed by atoms with Gasteiger partial charge in [0.05, 0.1) is 0 Å². The first-order valence-corrected chi connectivity index (χ1v) is 20.2. The molecule has 1 aliphatic rings. The van der Waals surface area contributed by atoms with Gasteiger partial charge in [-0.3, -0.25) is 0 Å². The van der Waals surface area contributed by atoms with Crippen LogP contribution in [0.25, 0.3) is 92.3 Å². The topological polar surface area (TPSA) is 0 Å². The zero-order valence-corrected chi connectivity index (χ0v) is 32.4. The summed E-state index contributed by atoms with van der Waals surface area (Å²) in [6.45, 7) is 8.63. The van der Waals surface area contributed by atoms with Crippen LogP contribution in [0.5, 0.6) is 0 Å². The standard InChI is InChI=1S/C55H40S/c1-4-5-16-36-17-14-19-39(31-36)42-21-8-6-7-9-22-43(45-24-11-10-23-44(42)45)40-20-15-18-37(32-40)38-28-30-51-49(33-38)50-34-41-27-29-47-46-25-12-13-26-53(46)56-54(47)48(41)35-52(50)55(51,2)3/h4-35H,1H2,2-3H3/b7-6?,8-6?,9-7?,16-5-,21-8?,22-9?,42-21?,43-22?,44-42?,45-43?. The monoisotopic (exact) mass is 732 g/mol. The number of hydrogen-bond acceptors (Lipinski definition) is 1. The number of thiophene rings is 1. The van der Waals surface area contributed by atoms with Crippen LogP contribution >= 0.6 is 11.3 Å². The second-order valence-electron chi connectivity index (χ2n) is 15.3. The van der Waals surface area contributed by atoms with Crippen molar-refractivity contribution in [1.29, 1.82) is 0 Å². The minimum absolute atomic E-state index is 0.101. The van der Waals surface area contributed by atoms with Gasteiger partial charge in [-0.15, -0.1) is 11.3 Å². The van der Waals surface area contributed by atoms with Crippen LogP contribution in [0.1, 0.15) is 30.5 Å². The van der Waals surface area contributed by atoms with Crippen LogP contribution in [-0.2, 0) is 5.41 Å². The molecular formula is C55H40S. The van der Waals surface area contributed by atoms with Crippen LogP contribution in [-0.4, -0.2) is 0 Å². The third-order valence-corrected chi connectivity index (χ3v) is 12.9. The minimum atomic E-state index is -0.101. The van der Waals surface area contributed by atoms with Crippen molar-refractivity contribution < 1.29 is 0 Å². The molecule has 0 spiro atoms. The predicted octanol–water partition coefficient (Wildman–Crippen LogP) is 16.0. The SMILES string of the molecule is C=C/C=C\c1cccc(-c2ccccccc(-c3cccc(-c4ccc5c(c4)-c4cc6ccc7c8ccccc8sc7c6cc4C5(C)C)c3)c3ccccc23)c1. The van der Waals surface area contributed by atoms with E-state index in [0.29, 0.717) is 0 Å². The summed E-state index contributed by atoms with van der Waals surface area (Å²) in [7, 11) is 0. The molecule has 0 saturated heterocycles. The Balaban J connectivity index is 1.11. The van der Waals surface area contributed by atoms with Gasteiger partial charge in [-0.2, -0.15) is 0 Å². The van der Waals surface area contributed by atoms with Crippen LogP contribution in [0.2, 0.25) is 0 Å². The van der Waals surface area contributed by atoms with Crippen molar-refractivity contribution in [2.45, 2.75) is 19.3 Å². The molecule has 0 radical (unpaired) electrons. The van der Waals surface area contributed by atoms with E-state index in [1.807, 2.05) is 23.5 Å². The van der Waals surface area contributed by atoms with Crippen LogP contribution in [0, 0.1) is 0 Å². The van der Waals surface area contributed by atoms with Gasteiger partial charge in [-0.05, 0) is 119 Å². The molecule has 8 aromatic carbocycles. The number of benzene rings is 7. The first kappa shape index (κ1) is 34.0. The van der Waals surface area contributed by atoms with Crippen LogP contribution in [0.4, 0.5) is 0 Å². The van der Waals surface area contributed by atoms with Crippen molar-refractivity contribution in [2.24, 2.45) is 0 Å². The lowest BCUT2D eigenvalue weighted by molar-refractivity contribution is 0.661. The summed E-state index contributed by atoms with van der Waals surface area (Å²) in [5, 5.41) is 7.76. The molecule has 0 atom stereocenters. The summed E-state index contributed by atoms with van der Waals surface area (Å²) in [6, 6.07) is 65.1. The Morgan fingerprint density at radius 2 is 1.09 bits per heavy atom. The Morgan fingerprint density at radius 1 is 0.446 bits per heavy atom. The summed E-state index contributed by atoms with van der Waals surface area (Å²) in [5.74, 6) is 0. The van der Waals surface area contributed by atoms with Gasteiger partial charge in [0.25, 0.3) is 0 Å². The fraction of sp³-hybridized carbons (Fsp3) is 0.0545. The first-order chi connectivity index (χ1) is 27.5. The van der Waals surface area contributed by atoms with Crippen molar-refractivity contribution in [3.8, 4) is 44.5 Å². The van der Waals surface area contributed by atoms with Gasteiger partial charge in [-0.25, -0.2) is 0 Å². The summed E-state index contributed by atoms with van der Waals surface area (Å²) in [6.07, 6.45) is 5.90. The van der Waals surface area contributed by atoms with Gasteiger partial charge >= 0.3 is 0 Å². The molecule has 0 unspecified atom stereocenters. The van der Waals surface area contributed by atoms with Gasteiger partial charge in [0.2, 0.25) is 0 Å². The zero-order valence-electron chi connectivity index (χ0n) is 31.6. The summed E-state index contributed by atoms with van der Waals surface area (Å²) in [5.41, 5.74) is 13.7. The molecule has 10 rings (SSSR count). The molecule has 0 N–H and O–H groups in total. The molecule has 1 aromatic heterocycles. The number of allylic oxidation sites excluding steroid dienone is 2. The fourth-order valence-corrected chi connectivity index (χ4v) is 10.1. The predicted molar refractivity (Wildman–Crippen MR) is 245 cm³/mol. The minimum Gasteiger partial charge on any atom is -0.135 e. The maximum absolute atomic E-state index is 3.86. The third-order valence-electron chi connectivity index (χ3n) is 11.6. The Morgan fingerprint density at radius 3 is 1.86 bits per heavy atom. The molecule has 266 valence electrons. The van der Waals surface area contributed by atoms with Gasteiger partial charge < -0.3 is 0 Å². The lowest BCUT2D eigenvalue weighted by Gasteiger charge is -2.22. The number of hydrogen-bond donors (Lipinski definition) is 0. The van der Waals surface area contributed by atoms with E-state index in [1.165, 1.54) is 97.4 Å². The van der Waals surface area contributed by atoms with Crippen LogP contribution in [0.3, 0.4) is 0 Å². The lowest BCUT2D eigenvalue weighted by atomic mass is 9.81. The Kier molecular flexibility index (Phi) is 8.28. The van der Waals surface area contributed by atoms with E-state index in [9.17, 15) is 0 Å². The molecule has 9 aromatic rings. The lowest BCUT2D eigenvalue weighted by Crippen LogP contribution is -2.14. The summed E-state index contributed by atoms with van der Waals surface area (Å²) in [4.78, 5) is 0. The highest BCUT2D eigenvalue weighted by Gasteiger charge is 2.36. The average Bonchev–Trinajstić information content (AvgIpc) is 3.72. The molecule has 0 fully saturated rings. The maximum Gasteiger partial charge on any atom is 0.0433 e. The normalized spacial score (nSPS) is 13.0. The van der Waals surface area contributed by atoms with Crippen LogP contribution in [0.15, 0.2) is 195 Å². The molecule has 0 nitrogen and oxygen atoms in total. The van der Waals surface area contributed by atoms with Crippen LogP contribution < -0.4 is 0 Å². The second kappa shape index (κ2) is 13.6. The van der Waals surface area contributed by atoms with E-state index in [1.54, 1.807) is 0 Å². The molecule has 56 heavy (non-hydrogen) atoms. The van der Waals surface area contributed by atoms with E-state index in [-0.39, 0.29) is 5.41 Å². The Labute approximate surface area is 332 Å². The summed E-state index contributed by atoms with van der Waals surface area (Å²) < 4.78 is 2.73. The second-order valence-corrected chi connectivity index (χ2v) is 16.4. The van der Waals surface area contributed by atoms with Crippen molar-refractivity contribution in [1.82, 2.24) is 0 Å². The Bertz CT molecular complexity index is 3130. The van der Waals surface area contributed by atoms with Gasteiger partial charge in [-0.1, -0.05) is 178 Å². The molecule has 1 aliphatic carbocycles. The van der Waals surface area contributed by atoms with Crippen molar-refractivity contribution in [3.63, 3.8) is 0 Å². The molecule has 0 bridgehead atoms. The largest absolute Gasteiger partial charge is 0.135 e. The molecule has 0 aliphatic heterocycles. The number of rotatable bonds is 5. The molecular weight excluding hydrogens is 693 g/mol. The Hall–Kier alpha value is -6.54. The molecule has 0 saturated carbocycles.